The van der Waals surface area contributed by atoms with Gasteiger partial charge in [-0.3, -0.25) is 9.78 Å². The number of carbonyl (C=O) groups is 1. The first-order valence-corrected chi connectivity index (χ1v) is 7.00. The molecule has 0 fully saturated rings. The Hall–Kier alpha value is -2.07. The molecule has 0 aliphatic heterocycles. The minimum Gasteiger partial charge on any atom is -0.495 e. The van der Waals surface area contributed by atoms with Gasteiger partial charge in [0, 0.05) is 5.02 Å². The first-order valence-electron chi connectivity index (χ1n) is 6.62. The molecule has 2 rings (SSSR count). The van der Waals surface area contributed by atoms with Gasteiger partial charge in [0.15, 0.2) is 0 Å². The van der Waals surface area contributed by atoms with Gasteiger partial charge in [0.25, 0.3) is 0 Å². The Morgan fingerprint density at radius 3 is 2.81 bits per heavy atom. The lowest BCUT2D eigenvalue weighted by Crippen LogP contribution is -2.28. The number of pyridine rings is 1. The number of benzene rings is 1. The van der Waals surface area contributed by atoms with Gasteiger partial charge in [0.05, 0.1) is 31.5 Å². The Balaban J connectivity index is 1.95. The molecule has 0 saturated heterocycles. The number of amides is 1. The number of nitrogens with zero attached hydrogens (tertiary/aromatic N) is 1. The van der Waals surface area contributed by atoms with E-state index in [0.717, 1.165) is 11.3 Å². The zero-order valence-corrected chi connectivity index (χ0v) is 12.7. The lowest BCUT2D eigenvalue weighted by Gasteiger charge is -2.14. The van der Waals surface area contributed by atoms with E-state index >= 15 is 0 Å². The van der Waals surface area contributed by atoms with Crippen LogP contribution in [0.2, 0.25) is 5.02 Å². The third kappa shape index (κ3) is 4.46. The van der Waals surface area contributed by atoms with Gasteiger partial charge in [-0.05, 0) is 36.8 Å². The van der Waals surface area contributed by atoms with Crippen LogP contribution in [0.15, 0.2) is 42.6 Å². The fourth-order valence-electron chi connectivity index (χ4n) is 1.97. The molecule has 5 heteroatoms. The summed E-state index contributed by atoms with van der Waals surface area (Å²) in [5.74, 6) is 0.624. The third-order valence-corrected chi connectivity index (χ3v) is 3.30. The molecule has 0 bridgehead atoms. The Labute approximate surface area is 129 Å². The van der Waals surface area contributed by atoms with Crippen molar-refractivity contribution in [3.8, 4) is 5.75 Å². The van der Waals surface area contributed by atoms with Gasteiger partial charge < -0.3 is 10.1 Å². The highest BCUT2D eigenvalue weighted by atomic mass is 35.5. The second-order valence-electron chi connectivity index (χ2n) is 4.72. The Morgan fingerprint density at radius 1 is 1.38 bits per heavy atom. The molecule has 110 valence electrons. The van der Waals surface area contributed by atoms with Crippen molar-refractivity contribution in [2.45, 2.75) is 19.4 Å². The maximum absolute atomic E-state index is 12.0. The van der Waals surface area contributed by atoms with Crippen LogP contribution in [-0.4, -0.2) is 18.0 Å². The Bertz CT molecular complexity index is 614. The van der Waals surface area contributed by atoms with Crippen LogP contribution in [0.1, 0.15) is 24.2 Å². The van der Waals surface area contributed by atoms with Crippen molar-refractivity contribution in [1.82, 2.24) is 10.3 Å². The van der Waals surface area contributed by atoms with E-state index in [1.165, 1.54) is 0 Å². The molecule has 1 aromatic carbocycles. The topological polar surface area (TPSA) is 51.2 Å². The molecular formula is C16H17ClN2O2. The molecular weight excluding hydrogens is 288 g/mol. The van der Waals surface area contributed by atoms with Crippen LogP contribution < -0.4 is 10.1 Å². The number of hydrogen-bond acceptors (Lipinski definition) is 3. The summed E-state index contributed by atoms with van der Waals surface area (Å²) in [4.78, 5) is 16.3. The predicted molar refractivity (Wildman–Crippen MR) is 82.5 cm³/mol. The van der Waals surface area contributed by atoms with Gasteiger partial charge in [0.1, 0.15) is 5.75 Å². The minimum absolute atomic E-state index is 0.0672. The predicted octanol–water partition coefficient (Wildman–Crippen LogP) is 3.16. The van der Waals surface area contributed by atoms with E-state index in [1.54, 1.807) is 25.4 Å². The zero-order valence-electron chi connectivity index (χ0n) is 12.0. The Morgan fingerprint density at radius 2 is 2.19 bits per heavy atom. The summed E-state index contributed by atoms with van der Waals surface area (Å²) in [5.41, 5.74) is 1.67. The SMILES string of the molecule is COc1ccc([C@@H](C)NC(=O)Cc2cccc(Cl)c2)nc1. The molecule has 0 saturated carbocycles. The van der Waals surface area contributed by atoms with Gasteiger partial charge in [-0.1, -0.05) is 23.7 Å². The summed E-state index contributed by atoms with van der Waals surface area (Å²) >= 11 is 5.90. The second-order valence-corrected chi connectivity index (χ2v) is 5.16. The molecule has 1 heterocycles. The van der Waals surface area contributed by atoms with Gasteiger partial charge in [0.2, 0.25) is 5.91 Å². The maximum atomic E-state index is 12.0. The highest BCUT2D eigenvalue weighted by molar-refractivity contribution is 6.30. The lowest BCUT2D eigenvalue weighted by atomic mass is 10.1. The largest absolute Gasteiger partial charge is 0.495 e. The molecule has 0 radical (unpaired) electrons. The van der Waals surface area contributed by atoms with Crippen molar-refractivity contribution >= 4 is 17.5 Å². The zero-order chi connectivity index (χ0) is 15.2. The third-order valence-electron chi connectivity index (χ3n) is 3.07. The fraction of sp³-hybridized carbons (Fsp3) is 0.250. The number of methoxy groups -OCH3 is 1. The highest BCUT2D eigenvalue weighted by Gasteiger charge is 2.11. The van der Waals surface area contributed by atoms with Gasteiger partial charge in [-0.15, -0.1) is 0 Å². The van der Waals surface area contributed by atoms with Crippen LogP contribution >= 0.6 is 11.6 Å². The summed E-state index contributed by atoms with van der Waals surface area (Å²) in [6, 6.07) is 10.8. The number of halogens is 1. The number of aromatic nitrogens is 1. The summed E-state index contributed by atoms with van der Waals surface area (Å²) in [7, 11) is 1.59. The van der Waals surface area contributed by atoms with Crippen LogP contribution in [0, 0.1) is 0 Å². The normalized spacial score (nSPS) is 11.8. The van der Waals surface area contributed by atoms with Crippen molar-refractivity contribution in [3.63, 3.8) is 0 Å². The van der Waals surface area contributed by atoms with Crippen molar-refractivity contribution in [2.24, 2.45) is 0 Å². The van der Waals surface area contributed by atoms with Gasteiger partial charge in [-0.2, -0.15) is 0 Å². The molecule has 2 aromatic rings. The molecule has 1 amide bonds. The highest BCUT2D eigenvalue weighted by Crippen LogP contribution is 2.15. The molecule has 1 N–H and O–H groups in total. The monoisotopic (exact) mass is 304 g/mol. The Kier molecular flexibility index (Phi) is 5.17. The smallest absolute Gasteiger partial charge is 0.224 e. The van der Waals surface area contributed by atoms with Crippen molar-refractivity contribution < 1.29 is 9.53 Å². The van der Waals surface area contributed by atoms with Crippen LogP contribution in [0.4, 0.5) is 0 Å². The van der Waals surface area contributed by atoms with Crippen molar-refractivity contribution in [2.75, 3.05) is 7.11 Å². The number of hydrogen-bond donors (Lipinski definition) is 1. The lowest BCUT2D eigenvalue weighted by molar-refractivity contribution is -0.121. The standard InChI is InChI=1S/C16H17ClN2O2/c1-11(15-7-6-14(21-2)10-18-15)19-16(20)9-12-4-3-5-13(17)8-12/h3-8,10-11H,9H2,1-2H3,(H,19,20)/t11-/m1/s1. The number of carbonyl (C=O) groups excluding carboxylic acids is 1. The fourth-order valence-corrected chi connectivity index (χ4v) is 2.18. The molecule has 0 aliphatic carbocycles. The molecule has 1 aromatic heterocycles. The van der Waals surface area contributed by atoms with Crippen molar-refractivity contribution in [1.29, 1.82) is 0 Å². The van der Waals surface area contributed by atoms with Gasteiger partial charge >= 0.3 is 0 Å². The minimum atomic E-state index is -0.164. The number of ether oxygens (including phenoxy) is 1. The first-order chi connectivity index (χ1) is 10.1. The summed E-state index contributed by atoms with van der Waals surface area (Å²) in [5, 5.41) is 3.55. The van der Waals surface area contributed by atoms with E-state index in [0.29, 0.717) is 17.2 Å². The van der Waals surface area contributed by atoms with E-state index in [4.69, 9.17) is 16.3 Å². The summed E-state index contributed by atoms with van der Waals surface area (Å²) in [6.07, 6.45) is 1.93. The van der Waals surface area contributed by atoms with Crippen LogP contribution in [0.25, 0.3) is 0 Å². The molecule has 21 heavy (non-hydrogen) atoms. The molecule has 4 nitrogen and oxygen atoms in total. The second kappa shape index (κ2) is 7.09. The number of nitrogens with one attached hydrogen (secondary N) is 1. The van der Waals surface area contributed by atoms with Crippen LogP contribution in [0.3, 0.4) is 0 Å². The van der Waals surface area contributed by atoms with Crippen LogP contribution in [0.5, 0.6) is 5.75 Å². The summed E-state index contributed by atoms with van der Waals surface area (Å²) in [6.45, 7) is 1.89. The van der Waals surface area contributed by atoms with E-state index in [9.17, 15) is 4.79 Å². The number of rotatable bonds is 5. The van der Waals surface area contributed by atoms with E-state index in [-0.39, 0.29) is 11.9 Å². The molecule has 0 aliphatic rings. The van der Waals surface area contributed by atoms with Crippen LogP contribution in [-0.2, 0) is 11.2 Å². The molecule has 0 spiro atoms. The summed E-state index contributed by atoms with van der Waals surface area (Å²) < 4.78 is 5.06. The van der Waals surface area contributed by atoms with E-state index in [2.05, 4.69) is 10.3 Å². The average molecular weight is 305 g/mol. The van der Waals surface area contributed by atoms with E-state index < -0.39 is 0 Å². The van der Waals surface area contributed by atoms with Gasteiger partial charge in [-0.25, -0.2) is 0 Å². The molecule has 1 atom stereocenters. The molecule has 0 unspecified atom stereocenters. The quantitative estimate of drug-likeness (QED) is 0.923. The van der Waals surface area contributed by atoms with Crippen molar-refractivity contribution in [3.05, 3.63) is 58.9 Å². The first kappa shape index (κ1) is 15.3. The van der Waals surface area contributed by atoms with E-state index in [1.807, 2.05) is 31.2 Å². The maximum Gasteiger partial charge on any atom is 0.224 e. The average Bonchev–Trinajstić information content (AvgIpc) is 2.47.